The van der Waals surface area contributed by atoms with Crippen molar-refractivity contribution in [2.24, 2.45) is 5.73 Å². The maximum atomic E-state index is 10.3. The van der Waals surface area contributed by atoms with Gasteiger partial charge in [-0.25, -0.2) is 0 Å². The highest BCUT2D eigenvalue weighted by Crippen LogP contribution is 2.07. The fourth-order valence-electron chi connectivity index (χ4n) is 0.813. The van der Waals surface area contributed by atoms with Crippen LogP contribution in [-0.2, 0) is 0 Å². The van der Waals surface area contributed by atoms with Crippen LogP contribution in [0.1, 0.15) is 29.0 Å². The number of nitrogens with two attached hydrogens (primary N) is 1. The van der Waals surface area contributed by atoms with E-state index in [9.17, 15) is 4.79 Å². The minimum Gasteiger partial charge on any atom is -0.324 e. The SMILES string of the molecule is CC(N)c1ccnc(C=O)c1. The van der Waals surface area contributed by atoms with Crippen molar-refractivity contribution in [3.8, 4) is 0 Å². The van der Waals surface area contributed by atoms with E-state index in [4.69, 9.17) is 5.73 Å². The zero-order valence-electron chi connectivity index (χ0n) is 6.32. The first-order valence-corrected chi connectivity index (χ1v) is 3.40. The molecular formula is C8H10N2O. The molecule has 0 aliphatic carbocycles. The molecule has 0 aromatic carbocycles. The summed E-state index contributed by atoms with van der Waals surface area (Å²) in [5, 5.41) is 0. The van der Waals surface area contributed by atoms with E-state index >= 15 is 0 Å². The predicted octanol–water partition coefficient (Wildman–Crippen LogP) is 0.914. The number of carbonyl (C=O) groups is 1. The van der Waals surface area contributed by atoms with Crippen molar-refractivity contribution in [2.75, 3.05) is 0 Å². The molecule has 2 N–H and O–H groups in total. The lowest BCUT2D eigenvalue weighted by Gasteiger charge is -2.03. The van der Waals surface area contributed by atoms with Gasteiger partial charge in [-0.1, -0.05) is 0 Å². The largest absolute Gasteiger partial charge is 0.324 e. The summed E-state index contributed by atoms with van der Waals surface area (Å²) in [5.41, 5.74) is 6.96. The second kappa shape index (κ2) is 3.25. The van der Waals surface area contributed by atoms with Crippen LogP contribution in [0.2, 0.25) is 0 Å². The van der Waals surface area contributed by atoms with E-state index in [1.54, 1.807) is 18.3 Å². The first kappa shape index (κ1) is 7.88. The molecule has 1 unspecified atom stereocenters. The number of nitrogens with zero attached hydrogens (tertiary/aromatic N) is 1. The van der Waals surface area contributed by atoms with Gasteiger partial charge < -0.3 is 5.73 Å². The summed E-state index contributed by atoms with van der Waals surface area (Å²) in [7, 11) is 0. The molecule has 3 heteroatoms. The maximum Gasteiger partial charge on any atom is 0.168 e. The Kier molecular flexibility index (Phi) is 2.33. The summed E-state index contributed by atoms with van der Waals surface area (Å²) < 4.78 is 0. The Labute approximate surface area is 65.2 Å². The summed E-state index contributed by atoms with van der Waals surface area (Å²) >= 11 is 0. The van der Waals surface area contributed by atoms with Gasteiger partial charge in [-0.3, -0.25) is 9.78 Å². The topological polar surface area (TPSA) is 56.0 Å². The molecular weight excluding hydrogens is 140 g/mol. The second-order valence-electron chi connectivity index (χ2n) is 2.42. The molecule has 3 nitrogen and oxygen atoms in total. The summed E-state index contributed by atoms with van der Waals surface area (Å²) in [5.74, 6) is 0. The molecule has 1 aromatic rings. The number of aldehydes is 1. The summed E-state index contributed by atoms with van der Waals surface area (Å²) in [6, 6.07) is 3.45. The molecule has 0 spiro atoms. The first-order chi connectivity index (χ1) is 5.24. The molecule has 58 valence electrons. The number of aromatic nitrogens is 1. The zero-order chi connectivity index (χ0) is 8.27. The van der Waals surface area contributed by atoms with Gasteiger partial charge in [-0.15, -0.1) is 0 Å². The van der Waals surface area contributed by atoms with Crippen LogP contribution < -0.4 is 5.73 Å². The molecule has 0 aliphatic rings. The third kappa shape index (κ3) is 1.85. The molecule has 0 radical (unpaired) electrons. The Morgan fingerprint density at radius 1 is 1.73 bits per heavy atom. The molecule has 0 saturated carbocycles. The molecule has 1 atom stereocenters. The lowest BCUT2D eigenvalue weighted by Crippen LogP contribution is -2.05. The van der Waals surface area contributed by atoms with Gasteiger partial charge in [0.15, 0.2) is 6.29 Å². The van der Waals surface area contributed by atoms with Crippen molar-refractivity contribution in [1.29, 1.82) is 0 Å². The Morgan fingerprint density at radius 3 is 3.00 bits per heavy atom. The van der Waals surface area contributed by atoms with Crippen LogP contribution in [0.4, 0.5) is 0 Å². The lowest BCUT2D eigenvalue weighted by atomic mass is 10.1. The van der Waals surface area contributed by atoms with E-state index in [0.29, 0.717) is 12.0 Å². The third-order valence-electron chi connectivity index (χ3n) is 1.45. The minimum absolute atomic E-state index is 0.0447. The van der Waals surface area contributed by atoms with Crippen LogP contribution >= 0.6 is 0 Å². The lowest BCUT2D eigenvalue weighted by molar-refractivity contribution is 0.111. The number of rotatable bonds is 2. The normalized spacial score (nSPS) is 12.5. The summed E-state index contributed by atoms with van der Waals surface area (Å²) in [6.45, 7) is 1.86. The highest BCUT2D eigenvalue weighted by Gasteiger charge is 1.99. The molecule has 0 amide bonds. The average Bonchev–Trinajstić information content (AvgIpc) is 2.05. The van der Waals surface area contributed by atoms with Crippen molar-refractivity contribution in [3.05, 3.63) is 29.6 Å². The van der Waals surface area contributed by atoms with Gasteiger partial charge in [0.25, 0.3) is 0 Å². The molecule has 1 rings (SSSR count). The predicted molar refractivity (Wildman–Crippen MR) is 42.2 cm³/mol. The molecule has 0 aliphatic heterocycles. The average molecular weight is 150 g/mol. The number of hydrogen-bond donors (Lipinski definition) is 1. The van der Waals surface area contributed by atoms with Crippen molar-refractivity contribution in [1.82, 2.24) is 4.98 Å². The maximum absolute atomic E-state index is 10.3. The van der Waals surface area contributed by atoms with Crippen LogP contribution in [0.5, 0.6) is 0 Å². The van der Waals surface area contributed by atoms with Gasteiger partial charge >= 0.3 is 0 Å². The second-order valence-corrected chi connectivity index (χ2v) is 2.42. The molecule has 1 aromatic heterocycles. The van der Waals surface area contributed by atoms with Gasteiger partial charge in [-0.05, 0) is 24.6 Å². The molecule has 11 heavy (non-hydrogen) atoms. The number of carbonyl (C=O) groups excluding carboxylic acids is 1. The Hall–Kier alpha value is -1.22. The highest BCUT2D eigenvalue weighted by atomic mass is 16.1. The van der Waals surface area contributed by atoms with Crippen molar-refractivity contribution < 1.29 is 4.79 Å². The van der Waals surface area contributed by atoms with Gasteiger partial charge in [-0.2, -0.15) is 0 Å². The van der Waals surface area contributed by atoms with Gasteiger partial charge in [0.2, 0.25) is 0 Å². The van der Waals surface area contributed by atoms with E-state index in [1.165, 1.54) is 0 Å². The van der Waals surface area contributed by atoms with E-state index in [1.807, 2.05) is 6.92 Å². The molecule has 0 fully saturated rings. The standard InChI is InChI=1S/C8H10N2O/c1-6(9)7-2-3-10-8(4-7)5-11/h2-6H,9H2,1H3. The van der Waals surface area contributed by atoms with Crippen molar-refractivity contribution in [3.63, 3.8) is 0 Å². The van der Waals surface area contributed by atoms with Gasteiger partial charge in [0, 0.05) is 12.2 Å². The third-order valence-corrected chi connectivity index (χ3v) is 1.45. The molecule has 0 bridgehead atoms. The Balaban J connectivity index is 3.00. The quantitative estimate of drug-likeness (QED) is 0.637. The van der Waals surface area contributed by atoms with Gasteiger partial charge in [0.1, 0.15) is 5.69 Å². The van der Waals surface area contributed by atoms with Crippen LogP contribution in [-0.4, -0.2) is 11.3 Å². The van der Waals surface area contributed by atoms with Crippen molar-refractivity contribution >= 4 is 6.29 Å². The molecule has 1 heterocycles. The van der Waals surface area contributed by atoms with Crippen LogP contribution in [0.3, 0.4) is 0 Å². The van der Waals surface area contributed by atoms with E-state index < -0.39 is 0 Å². The van der Waals surface area contributed by atoms with E-state index in [-0.39, 0.29) is 6.04 Å². The smallest absolute Gasteiger partial charge is 0.168 e. The van der Waals surface area contributed by atoms with Gasteiger partial charge in [0.05, 0.1) is 0 Å². The summed E-state index contributed by atoms with van der Waals surface area (Å²) in [4.78, 5) is 14.1. The Morgan fingerprint density at radius 2 is 2.45 bits per heavy atom. The summed E-state index contributed by atoms with van der Waals surface area (Å²) in [6.07, 6.45) is 2.30. The first-order valence-electron chi connectivity index (χ1n) is 3.40. The highest BCUT2D eigenvalue weighted by molar-refractivity contribution is 5.71. The van der Waals surface area contributed by atoms with E-state index in [0.717, 1.165) is 5.56 Å². The fourth-order valence-corrected chi connectivity index (χ4v) is 0.813. The monoisotopic (exact) mass is 150 g/mol. The minimum atomic E-state index is -0.0447. The van der Waals surface area contributed by atoms with Crippen LogP contribution in [0.15, 0.2) is 18.3 Å². The van der Waals surface area contributed by atoms with Crippen LogP contribution in [0, 0.1) is 0 Å². The Bertz CT molecular complexity index is 258. The number of hydrogen-bond acceptors (Lipinski definition) is 3. The number of pyridine rings is 1. The van der Waals surface area contributed by atoms with E-state index in [2.05, 4.69) is 4.98 Å². The fraction of sp³-hybridized carbons (Fsp3) is 0.250. The van der Waals surface area contributed by atoms with Crippen molar-refractivity contribution in [2.45, 2.75) is 13.0 Å². The zero-order valence-corrected chi connectivity index (χ0v) is 6.32. The molecule has 0 saturated heterocycles. The van der Waals surface area contributed by atoms with Crippen LogP contribution in [0.25, 0.3) is 0 Å².